The highest BCUT2D eigenvalue weighted by Gasteiger charge is 2.23. The van der Waals surface area contributed by atoms with E-state index in [4.69, 9.17) is 9.26 Å². The largest absolute Gasteiger partial charge is 0.383 e. The van der Waals surface area contributed by atoms with E-state index < -0.39 is 0 Å². The zero-order valence-electron chi connectivity index (χ0n) is 11.9. The van der Waals surface area contributed by atoms with E-state index in [1.165, 1.54) is 19.3 Å². The Morgan fingerprint density at radius 1 is 1.47 bits per heavy atom. The maximum atomic E-state index is 5.22. The number of likely N-dealkylation sites (tertiary alicyclic amines) is 1. The summed E-state index contributed by atoms with van der Waals surface area (Å²) in [5.74, 6) is 1.43. The minimum Gasteiger partial charge on any atom is -0.383 e. The SMILES string of the molecule is COCCNCC1CCCCN1Cc1nc(C)no1. The molecule has 108 valence electrons. The molecule has 1 aromatic rings. The van der Waals surface area contributed by atoms with Gasteiger partial charge in [-0.15, -0.1) is 0 Å². The molecule has 0 spiro atoms. The molecule has 1 N–H and O–H groups in total. The minimum absolute atomic E-state index is 0.554. The first-order valence-corrected chi connectivity index (χ1v) is 7.02. The summed E-state index contributed by atoms with van der Waals surface area (Å²) < 4.78 is 10.3. The van der Waals surface area contributed by atoms with Gasteiger partial charge in [-0.1, -0.05) is 11.6 Å². The lowest BCUT2D eigenvalue weighted by Crippen LogP contribution is -2.45. The molecule has 1 aliphatic heterocycles. The van der Waals surface area contributed by atoms with Gasteiger partial charge in [0.1, 0.15) is 0 Å². The lowest BCUT2D eigenvalue weighted by Gasteiger charge is -2.34. The second kappa shape index (κ2) is 7.57. The molecule has 0 radical (unpaired) electrons. The molecule has 1 saturated heterocycles. The molecular weight excluding hydrogens is 244 g/mol. The smallest absolute Gasteiger partial charge is 0.240 e. The summed E-state index contributed by atoms with van der Waals surface area (Å²) >= 11 is 0. The average molecular weight is 268 g/mol. The minimum atomic E-state index is 0.554. The van der Waals surface area contributed by atoms with E-state index in [9.17, 15) is 0 Å². The van der Waals surface area contributed by atoms with Gasteiger partial charge in [0.15, 0.2) is 5.82 Å². The number of hydrogen-bond donors (Lipinski definition) is 1. The van der Waals surface area contributed by atoms with Crippen LogP contribution in [0.2, 0.25) is 0 Å². The molecule has 6 nitrogen and oxygen atoms in total. The number of nitrogens with zero attached hydrogens (tertiary/aromatic N) is 3. The maximum absolute atomic E-state index is 5.22. The average Bonchev–Trinajstić information content (AvgIpc) is 2.82. The number of nitrogens with one attached hydrogen (secondary N) is 1. The molecule has 0 amide bonds. The van der Waals surface area contributed by atoms with Crippen molar-refractivity contribution in [3.8, 4) is 0 Å². The van der Waals surface area contributed by atoms with E-state index in [1.807, 2.05) is 6.92 Å². The summed E-state index contributed by atoms with van der Waals surface area (Å²) in [4.78, 5) is 6.73. The zero-order chi connectivity index (χ0) is 13.5. The van der Waals surface area contributed by atoms with Gasteiger partial charge in [-0.05, 0) is 26.3 Å². The van der Waals surface area contributed by atoms with Crippen LogP contribution >= 0.6 is 0 Å². The Morgan fingerprint density at radius 2 is 2.37 bits per heavy atom. The fourth-order valence-corrected chi connectivity index (χ4v) is 2.52. The number of piperidine rings is 1. The molecule has 0 aliphatic carbocycles. The van der Waals surface area contributed by atoms with Crippen LogP contribution in [-0.4, -0.2) is 54.4 Å². The summed E-state index contributed by atoms with van der Waals surface area (Å²) in [6, 6.07) is 0.554. The van der Waals surface area contributed by atoms with Gasteiger partial charge in [0.05, 0.1) is 13.2 Å². The van der Waals surface area contributed by atoms with Gasteiger partial charge in [-0.3, -0.25) is 4.90 Å². The quantitative estimate of drug-likeness (QED) is 0.743. The van der Waals surface area contributed by atoms with Crippen molar-refractivity contribution in [2.75, 3.05) is 33.4 Å². The van der Waals surface area contributed by atoms with Crippen LogP contribution in [0, 0.1) is 6.92 Å². The van der Waals surface area contributed by atoms with Gasteiger partial charge in [0, 0.05) is 26.2 Å². The van der Waals surface area contributed by atoms with Crippen LogP contribution in [0.3, 0.4) is 0 Å². The second-order valence-electron chi connectivity index (χ2n) is 5.05. The van der Waals surface area contributed by atoms with Crippen molar-refractivity contribution in [2.24, 2.45) is 0 Å². The molecule has 0 aromatic carbocycles. The van der Waals surface area contributed by atoms with Crippen molar-refractivity contribution in [2.45, 2.75) is 38.8 Å². The van der Waals surface area contributed by atoms with E-state index >= 15 is 0 Å². The van der Waals surface area contributed by atoms with Crippen molar-refractivity contribution >= 4 is 0 Å². The van der Waals surface area contributed by atoms with Gasteiger partial charge in [0.2, 0.25) is 5.89 Å². The number of aryl methyl sites for hydroxylation is 1. The third kappa shape index (κ3) is 4.56. The van der Waals surface area contributed by atoms with E-state index in [0.29, 0.717) is 11.9 Å². The van der Waals surface area contributed by atoms with Gasteiger partial charge in [-0.25, -0.2) is 0 Å². The fraction of sp³-hybridized carbons (Fsp3) is 0.846. The predicted octanol–water partition coefficient (Wildman–Crippen LogP) is 0.969. The van der Waals surface area contributed by atoms with Gasteiger partial charge < -0.3 is 14.6 Å². The third-order valence-electron chi connectivity index (χ3n) is 3.52. The first-order valence-electron chi connectivity index (χ1n) is 7.02. The van der Waals surface area contributed by atoms with E-state index in [1.54, 1.807) is 7.11 Å². The van der Waals surface area contributed by atoms with Crippen molar-refractivity contribution in [3.63, 3.8) is 0 Å². The molecule has 1 aliphatic rings. The molecule has 2 heterocycles. The van der Waals surface area contributed by atoms with E-state index in [2.05, 4.69) is 20.4 Å². The molecule has 0 saturated carbocycles. The Balaban J connectivity index is 1.81. The van der Waals surface area contributed by atoms with Gasteiger partial charge in [-0.2, -0.15) is 4.98 Å². The van der Waals surface area contributed by atoms with Crippen molar-refractivity contribution < 1.29 is 9.26 Å². The van der Waals surface area contributed by atoms with Crippen molar-refractivity contribution in [3.05, 3.63) is 11.7 Å². The number of ether oxygens (including phenoxy) is 1. The van der Waals surface area contributed by atoms with Crippen LogP contribution < -0.4 is 5.32 Å². The third-order valence-corrected chi connectivity index (χ3v) is 3.52. The molecule has 1 fully saturated rings. The second-order valence-corrected chi connectivity index (χ2v) is 5.05. The summed E-state index contributed by atoms with van der Waals surface area (Å²) in [5.41, 5.74) is 0. The van der Waals surface area contributed by atoms with Crippen LogP contribution in [0.1, 0.15) is 31.0 Å². The Kier molecular flexibility index (Phi) is 5.75. The highest BCUT2D eigenvalue weighted by atomic mass is 16.5. The van der Waals surface area contributed by atoms with Crippen LogP contribution in [0.4, 0.5) is 0 Å². The lowest BCUT2D eigenvalue weighted by molar-refractivity contribution is 0.119. The summed E-state index contributed by atoms with van der Waals surface area (Å²) in [6.07, 6.45) is 3.78. The molecular formula is C13H24N4O2. The van der Waals surface area contributed by atoms with Crippen molar-refractivity contribution in [1.29, 1.82) is 0 Å². The molecule has 19 heavy (non-hydrogen) atoms. The monoisotopic (exact) mass is 268 g/mol. The van der Waals surface area contributed by atoms with Crippen LogP contribution in [0.25, 0.3) is 0 Å². The lowest BCUT2D eigenvalue weighted by atomic mass is 10.0. The molecule has 1 atom stereocenters. The van der Waals surface area contributed by atoms with Gasteiger partial charge in [0.25, 0.3) is 0 Å². The summed E-state index contributed by atoms with van der Waals surface area (Å²) in [7, 11) is 1.73. The predicted molar refractivity (Wildman–Crippen MR) is 71.8 cm³/mol. The first-order chi connectivity index (χ1) is 9.29. The Labute approximate surface area is 114 Å². The zero-order valence-corrected chi connectivity index (χ0v) is 11.9. The van der Waals surface area contributed by atoms with Crippen LogP contribution in [-0.2, 0) is 11.3 Å². The Morgan fingerprint density at radius 3 is 3.11 bits per heavy atom. The van der Waals surface area contributed by atoms with Crippen LogP contribution in [0.5, 0.6) is 0 Å². The first kappa shape index (κ1) is 14.4. The Bertz CT molecular complexity index is 369. The highest BCUT2D eigenvalue weighted by molar-refractivity contribution is 4.86. The molecule has 1 aromatic heterocycles. The number of rotatable bonds is 7. The fourth-order valence-electron chi connectivity index (χ4n) is 2.52. The standard InChI is InChI=1S/C13H24N4O2/c1-11-15-13(19-16-11)10-17-7-4-3-5-12(17)9-14-6-8-18-2/h12,14H,3-10H2,1-2H3. The maximum Gasteiger partial charge on any atom is 0.240 e. The van der Waals surface area contributed by atoms with Gasteiger partial charge >= 0.3 is 0 Å². The number of hydrogen-bond acceptors (Lipinski definition) is 6. The van der Waals surface area contributed by atoms with E-state index in [0.717, 1.165) is 38.7 Å². The topological polar surface area (TPSA) is 63.4 Å². The summed E-state index contributed by atoms with van der Waals surface area (Å²) in [6.45, 7) is 6.38. The highest BCUT2D eigenvalue weighted by Crippen LogP contribution is 2.18. The summed E-state index contributed by atoms with van der Waals surface area (Å²) in [5, 5.41) is 7.29. The van der Waals surface area contributed by atoms with Crippen LogP contribution in [0.15, 0.2) is 4.52 Å². The number of methoxy groups -OCH3 is 1. The molecule has 0 bridgehead atoms. The molecule has 1 unspecified atom stereocenters. The van der Waals surface area contributed by atoms with Crippen molar-refractivity contribution in [1.82, 2.24) is 20.4 Å². The molecule has 6 heteroatoms. The Hall–Kier alpha value is -0.980. The number of aromatic nitrogens is 2. The normalized spacial score (nSPS) is 20.8. The van der Waals surface area contributed by atoms with E-state index in [-0.39, 0.29) is 0 Å². The molecule has 2 rings (SSSR count).